The van der Waals surface area contributed by atoms with Crippen molar-refractivity contribution in [2.45, 2.75) is 19.4 Å². The van der Waals surface area contributed by atoms with Crippen molar-refractivity contribution >= 4 is 5.97 Å². The minimum atomic E-state index is -1.06. The molecule has 0 unspecified atom stereocenters. The maximum atomic E-state index is 10.6. The molecule has 76 valence electrons. The van der Waals surface area contributed by atoms with Gasteiger partial charge in [-0.3, -0.25) is 4.79 Å². The highest BCUT2D eigenvalue weighted by molar-refractivity contribution is 5.73. The van der Waals surface area contributed by atoms with E-state index in [1.807, 2.05) is 31.2 Å². The van der Waals surface area contributed by atoms with E-state index in [2.05, 4.69) is 0 Å². The van der Waals surface area contributed by atoms with Gasteiger partial charge in [-0.1, -0.05) is 24.3 Å². The van der Waals surface area contributed by atoms with Crippen LogP contribution >= 0.6 is 0 Å². The zero-order valence-electron chi connectivity index (χ0n) is 7.90. The number of aryl methyl sites for hydroxylation is 1. The molecule has 1 aromatic carbocycles. The SMILES string of the molecule is Cc1ccccc1C[C@H](NO)C(=O)O. The third kappa shape index (κ3) is 2.55. The molecule has 0 radical (unpaired) electrons. The minimum absolute atomic E-state index is 0.276. The lowest BCUT2D eigenvalue weighted by Gasteiger charge is -2.11. The zero-order chi connectivity index (χ0) is 10.6. The lowest BCUT2D eigenvalue weighted by molar-refractivity contribution is -0.142. The monoisotopic (exact) mass is 195 g/mol. The first-order valence-electron chi connectivity index (χ1n) is 4.32. The average Bonchev–Trinajstić information content (AvgIpc) is 2.16. The van der Waals surface area contributed by atoms with E-state index in [-0.39, 0.29) is 6.42 Å². The summed E-state index contributed by atoms with van der Waals surface area (Å²) in [5.74, 6) is -1.06. The van der Waals surface area contributed by atoms with Gasteiger partial charge in [-0.25, -0.2) is 0 Å². The van der Waals surface area contributed by atoms with Crippen molar-refractivity contribution in [3.8, 4) is 0 Å². The second kappa shape index (κ2) is 4.74. The van der Waals surface area contributed by atoms with Crippen molar-refractivity contribution < 1.29 is 15.1 Å². The molecule has 0 spiro atoms. The van der Waals surface area contributed by atoms with Crippen molar-refractivity contribution in [1.29, 1.82) is 0 Å². The molecule has 0 amide bonds. The molecule has 1 rings (SSSR count). The summed E-state index contributed by atoms with van der Waals surface area (Å²) in [5, 5.41) is 17.3. The van der Waals surface area contributed by atoms with Gasteiger partial charge >= 0.3 is 5.97 Å². The molecule has 0 aliphatic rings. The molecule has 0 saturated carbocycles. The van der Waals surface area contributed by atoms with Gasteiger partial charge in [-0.05, 0) is 18.1 Å². The van der Waals surface area contributed by atoms with Crippen molar-refractivity contribution in [1.82, 2.24) is 5.48 Å². The van der Waals surface area contributed by atoms with Gasteiger partial charge in [0.1, 0.15) is 6.04 Å². The second-order valence-electron chi connectivity index (χ2n) is 3.15. The maximum absolute atomic E-state index is 10.6. The molecule has 0 aliphatic carbocycles. The normalized spacial score (nSPS) is 12.4. The number of carboxylic acid groups (broad SMARTS) is 1. The number of carbonyl (C=O) groups is 1. The highest BCUT2D eigenvalue weighted by Crippen LogP contribution is 2.09. The number of rotatable bonds is 4. The number of hydroxylamine groups is 1. The van der Waals surface area contributed by atoms with Crippen LogP contribution in [0.2, 0.25) is 0 Å². The summed E-state index contributed by atoms with van der Waals surface area (Å²) < 4.78 is 0. The van der Waals surface area contributed by atoms with Crippen molar-refractivity contribution in [3.63, 3.8) is 0 Å². The van der Waals surface area contributed by atoms with E-state index in [1.54, 1.807) is 5.48 Å². The minimum Gasteiger partial charge on any atom is -0.480 e. The van der Waals surface area contributed by atoms with E-state index < -0.39 is 12.0 Å². The zero-order valence-corrected chi connectivity index (χ0v) is 7.90. The smallest absolute Gasteiger partial charge is 0.323 e. The Bertz CT molecular complexity index is 325. The lowest BCUT2D eigenvalue weighted by atomic mass is 10.0. The Morgan fingerprint density at radius 3 is 2.64 bits per heavy atom. The van der Waals surface area contributed by atoms with Gasteiger partial charge in [0.2, 0.25) is 0 Å². The molecule has 4 heteroatoms. The number of nitrogens with one attached hydrogen (secondary N) is 1. The van der Waals surface area contributed by atoms with Crippen molar-refractivity contribution in [2.75, 3.05) is 0 Å². The van der Waals surface area contributed by atoms with E-state index >= 15 is 0 Å². The Balaban J connectivity index is 2.77. The Hall–Kier alpha value is -1.39. The van der Waals surface area contributed by atoms with Gasteiger partial charge in [0.15, 0.2) is 0 Å². The van der Waals surface area contributed by atoms with E-state index in [0.717, 1.165) is 11.1 Å². The standard InChI is InChI=1S/C10H13NO3/c1-7-4-2-3-5-8(7)6-9(11-14)10(12)13/h2-5,9,11,14H,6H2,1H3,(H,12,13)/t9-/m0/s1. The topological polar surface area (TPSA) is 69.6 Å². The number of hydrogen-bond acceptors (Lipinski definition) is 3. The Labute approximate surface area is 82.1 Å². The fraction of sp³-hybridized carbons (Fsp3) is 0.300. The van der Waals surface area contributed by atoms with Crippen LogP contribution in [-0.2, 0) is 11.2 Å². The Morgan fingerprint density at radius 1 is 1.50 bits per heavy atom. The summed E-state index contributed by atoms with van der Waals surface area (Å²) in [5.41, 5.74) is 3.72. The van der Waals surface area contributed by atoms with Crippen molar-refractivity contribution in [3.05, 3.63) is 35.4 Å². The van der Waals surface area contributed by atoms with Gasteiger partial charge in [0.05, 0.1) is 0 Å². The molecule has 0 saturated heterocycles. The van der Waals surface area contributed by atoms with Crippen LogP contribution in [0.3, 0.4) is 0 Å². The molecule has 0 aromatic heterocycles. The Kier molecular flexibility index (Phi) is 3.62. The van der Waals surface area contributed by atoms with Crippen LogP contribution in [-0.4, -0.2) is 22.3 Å². The number of carboxylic acids is 1. The first-order valence-corrected chi connectivity index (χ1v) is 4.32. The number of hydrogen-bond donors (Lipinski definition) is 3. The largest absolute Gasteiger partial charge is 0.480 e. The molecule has 0 bridgehead atoms. The summed E-state index contributed by atoms with van der Waals surface area (Å²) in [4.78, 5) is 10.6. The first kappa shape index (κ1) is 10.7. The van der Waals surface area contributed by atoms with Gasteiger partial charge in [-0.2, -0.15) is 5.48 Å². The number of benzene rings is 1. The molecule has 0 aliphatic heterocycles. The second-order valence-corrected chi connectivity index (χ2v) is 3.15. The van der Waals surface area contributed by atoms with E-state index in [1.165, 1.54) is 0 Å². The summed E-state index contributed by atoms with van der Waals surface area (Å²) in [7, 11) is 0. The molecule has 1 atom stereocenters. The van der Waals surface area contributed by atoms with E-state index in [4.69, 9.17) is 10.3 Å². The number of aliphatic carboxylic acids is 1. The maximum Gasteiger partial charge on any atom is 0.323 e. The van der Waals surface area contributed by atoms with Crippen LogP contribution < -0.4 is 5.48 Å². The molecule has 4 nitrogen and oxygen atoms in total. The molecular weight excluding hydrogens is 182 g/mol. The Morgan fingerprint density at radius 2 is 2.14 bits per heavy atom. The van der Waals surface area contributed by atoms with Crippen LogP contribution in [0, 0.1) is 6.92 Å². The summed E-state index contributed by atoms with van der Waals surface area (Å²) in [6.45, 7) is 1.91. The molecule has 0 heterocycles. The highest BCUT2D eigenvalue weighted by Gasteiger charge is 2.16. The molecule has 3 N–H and O–H groups in total. The van der Waals surface area contributed by atoms with E-state index in [9.17, 15) is 4.79 Å². The van der Waals surface area contributed by atoms with Gasteiger partial charge in [0.25, 0.3) is 0 Å². The van der Waals surface area contributed by atoms with Crippen LogP contribution in [0.1, 0.15) is 11.1 Å². The van der Waals surface area contributed by atoms with Crippen LogP contribution in [0.5, 0.6) is 0 Å². The van der Waals surface area contributed by atoms with E-state index in [0.29, 0.717) is 0 Å². The van der Waals surface area contributed by atoms with Crippen LogP contribution in [0.4, 0.5) is 0 Å². The fourth-order valence-electron chi connectivity index (χ4n) is 1.25. The van der Waals surface area contributed by atoms with Gasteiger partial charge < -0.3 is 10.3 Å². The predicted molar refractivity (Wildman–Crippen MR) is 51.2 cm³/mol. The van der Waals surface area contributed by atoms with Crippen LogP contribution in [0.15, 0.2) is 24.3 Å². The third-order valence-corrected chi connectivity index (χ3v) is 2.14. The predicted octanol–water partition coefficient (Wildman–Crippen LogP) is 0.970. The highest BCUT2D eigenvalue weighted by atomic mass is 16.5. The first-order chi connectivity index (χ1) is 6.65. The lowest BCUT2D eigenvalue weighted by Crippen LogP contribution is -2.36. The van der Waals surface area contributed by atoms with Gasteiger partial charge in [-0.15, -0.1) is 0 Å². The summed E-state index contributed by atoms with van der Waals surface area (Å²) in [6, 6.07) is 6.55. The third-order valence-electron chi connectivity index (χ3n) is 2.14. The van der Waals surface area contributed by atoms with Crippen LogP contribution in [0.25, 0.3) is 0 Å². The average molecular weight is 195 g/mol. The molecular formula is C10H13NO3. The summed E-state index contributed by atoms with van der Waals surface area (Å²) >= 11 is 0. The molecule has 14 heavy (non-hydrogen) atoms. The quantitative estimate of drug-likeness (QED) is 0.626. The molecule has 1 aromatic rings. The fourth-order valence-corrected chi connectivity index (χ4v) is 1.25. The van der Waals surface area contributed by atoms with Crippen molar-refractivity contribution in [2.24, 2.45) is 0 Å². The molecule has 0 fully saturated rings. The van der Waals surface area contributed by atoms with Gasteiger partial charge in [0, 0.05) is 6.42 Å². The summed E-state index contributed by atoms with van der Waals surface area (Å²) in [6.07, 6.45) is 0.276.